The molecule has 1 N–H and O–H groups in total. The van der Waals surface area contributed by atoms with E-state index in [9.17, 15) is 9.59 Å². The van der Waals surface area contributed by atoms with Gasteiger partial charge in [-0.1, -0.05) is 41.4 Å². The van der Waals surface area contributed by atoms with Crippen LogP contribution in [0.4, 0.5) is 0 Å². The molecular formula is C18H18ClNO3. The molecule has 2 aromatic rings. The van der Waals surface area contributed by atoms with Crippen molar-refractivity contribution in [2.45, 2.75) is 19.4 Å². The smallest absolute Gasteiger partial charge is 0.307 e. The topological polar surface area (TPSA) is 55.4 Å². The Bertz CT molecular complexity index is 698. The molecule has 2 rings (SSSR count). The lowest BCUT2D eigenvalue weighted by atomic mass is 10.0. The number of aryl methyl sites for hydroxylation is 1. The van der Waals surface area contributed by atoms with Gasteiger partial charge in [-0.05, 0) is 36.8 Å². The molecule has 1 unspecified atom stereocenters. The number of carbonyl (C=O) groups excluding carboxylic acids is 2. The third-order valence-electron chi connectivity index (χ3n) is 3.46. The maximum Gasteiger partial charge on any atom is 0.307 e. The summed E-state index contributed by atoms with van der Waals surface area (Å²) >= 11 is 5.89. The van der Waals surface area contributed by atoms with Crippen molar-refractivity contribution in [2.24, 2.45) is 0 Å². The quantitative estimate of drug-likeness (QED) is 0.850. The highest BCUT2D eigenvalue weighted by molar-refractivity contribution is 6.30. The number of benzene rings is 2. The van der Waals surface area contributed by atoms with Crippen molar-refractivity contribution in [2.75, 3.05) is 7.11 Å². The lowest BCUT2D eigenvalue weighted by Crippen LogP contribution is -2.30. The molecule has 0 heterocycles. The molecular weight excluding hydrogens is 314 g/mol. The zero-order chi connectivity index (χ0) is 16.8. The molecule has 0 aliphatic rings. The van der Waals surface area contributed by atoms with Crippen LogP contribution in [0.25, 0.3) is 0 Å². The highest BCUT2D eigenvalue weighted by Crippen LogP contribution is 2.20. The minimum Gasteiger partial charge on any atom is -0.469 e. The average Bonchev–Trinajstić information content (AvgIpc) is 2.54. The summed E-state index contributed by atoms with van der Waals surface area (Å²) < 4.78 is 4.72. The number of rotatable bonds is 5. The Balaban J connectivity index is 2.21. The molecule has 0 saturated heterocycles. The monoisotopic (exact) mass is 331 g/mol. The summed E-state index contributed by atoms with van der Waals surface area (Å²) in [5, 5.41) is 3.47. The zero-order valence-corrected chi connectivity index (χ0v) is 13.8. The van der Waals surface area contributed by atoms with Crippen LogP contribution in [-0.4, -0.2) is 19.0 Å². The molecule has 2 aromatic carbocycles. The van der Waals surface area contributed by atoms with Crippen molar-refractivity contribution in [3.63, 3.8) is 0 Å². The van der Waals surface area contributed by atoms with E-state index in [1.165, 1.54) is 7.11 Å². The molecule has 0 saturated carbocycles. The van der Waals surface area contributed by atoms with Gasteiger partial charge in [-0.15, -0.1) is 0 Å². The van der Waals surface area contributed by atoms with E-state index in [1.54, 1.807) is 36.4 Å². The van der Waals surface area contributed by atoms with Crippen molar-refractivity contribution in [3.05, 3.63) is 70.2 Å². The third-order valence-corrected chi connectivity index (χ3v) is 3.71. The van der Waals surface area contributed by atoms with E-state index in [0.29, 0.717) is 10.6 Å². The van der Waals surface area contributed by atoms with E-state index < -0.39 is 12.0 Å². The van der Waals surface area contributed by atoms with Crippen LogP contribution < -0.4 is 5.32 Å². The Labute approximate surface area is 140 Å². The van der Waals surface area contributed by atoms with Gasteiger partial charge >= 0.3 is 5.97 Å². The van der Waals surface area contributed by atoms with E-state index in [0.717, 1.165) is 11.1 Å². The number of hydrogen-bond donors (Lipinski definition) is 1. The Morgan fingerprint density at radius 3 is 2.48 bits per heavy atom. The normalized spacial score (nSPS) is 11.6. The molecule has 1 amide bonds. The number of ether oxygens (including phenoxy) is 1. The molecule has 0 fully saturated rings. The van der Waals surface area contributed by atoms with Crippen molar-refractivity contribution < 1.29 is 14.3 Å². The van der Waals surface area contributed by atoms with Gasteiger partial charge in [-0.2, -0.15) is 0 Å². The first-order valence-electron chi connectivity index (χ1n) is 7.19. The Morgan fingerprint density at radius 1 is 1.17 bits per heavy atom. The molecule has 1 atom stereocenters. The van der Waals surface area contributed by atoms with Crippen LogP contribution in [0.2, 0.25) is 5.02 Å². The van der Waals surface area contributed by atoms with Crippen LogP contribution in [0, 0.1) is 6.92 Å². The van der Waals surface area contributed by atoms with Crippen LogP contribution in [0.1, 0.15) is 33.9 Å². The lowest BCUT2D eigenvalue weighted by Gasteiger charge is -2.18. The maximum absolute atomic E-state index is 12.4. The fourth-order valence-corrected chi connectivity index (χ4v) is 2.35. The van der Waals surface area contributed by atoms with E-state index in [-0.39, 0.29) is 12.3 Å². The number of carbonyl (C=O) groups is 2. The number of amides is 1. The molecule has 0 bridgehead atoms. The summed E-state index contributed by atoms with van der Waals surface area (Å²) in [4.78, 5) is 24.1. The van der Waals surface area contributed by atoms with Crippen LogP contribution in [0.15, 0.2) is 48.5 Å². The maximum atomic E-state index is 12.4. The van der Waals surface area contributed by atoms with Gasteiger partial charge in [0.2, 0.25) is 0 Å². The predicted molar refractivity (Wildman–Crippen MR) is 89.5 cm³/mol. The van der Waals surface area contributed by atoms with Gasteiger partial charge in [0.15, 0.2) is 0 Å². The molecule has 0 aliphatic heterocycles. The summed E-state index contributed by atoms with van der Waals surface area (Å²) in [7, 11) is 1.32. The van der Waals surface area contributed by atoms with Gasteiger partial charge < -0.3 is 10.1 Å². The minimum absolute atomic E-state index is 0.0513. The molecule has 4 nitrogen and oxygen atoms in total. The Hall–Kier alpha value is -2.33. The number of esters is 1. The van der Waals surface area contributed by atoms with E-state index in [4.69, 9.17) is 16.3 Å². The van der Waals surface area contributed by atoms with Gasteiger partial charge in [-0.3, -0.25) is 9.59 Å². The number of nitrogens with one attached hydrogen (secondary N) is 1. The first kappa shape index (κ1) is 17.0. The summed E-state index contributed by atoms with van der Waals surface area (Å²) in [5.41, 5.74) is 2.34. The third kappa shape index (κ3) is 4.83. The minimum atomic E-state index is -0.479. The Morgan fingerprint density at radius 2 is 1.87 bits per heavy atom. The predicted octanol–water partition coefficient (Wildman–Crippen LogP) is 3.68. The molecule has 0 radical (unpaired) electrons. The molecule has 23 heavy (non-hydrogen) atoms. The molecule has 120 valence electrons. The molecule has 0 spiro atoms. The second kappa shape index (κ2) is 7.79. The zero-order valence-electron chi connectivity index (χ0n) is 13.0. The fraction of sp³-hybridized carbons (Fsp3) is 0.222. The van der Waals surface area contributed by atoms with E-state index >= 15 is 0 Å². The summed E-state index contributed by atoms with van der Waals surface area (Å²) in [6.07, 6.45) is 0.0513. The van der Waals surface area contributed by atoms with Crippen LogP contribution >= 0.6 is 11.6 Å². The number of halogens is 1. The van der Waals surface area contributed by atoms with Gasteiger partial charge in [0.1, 0.15) is 0 Å². The standard InChI is InChI=1S/C18H18ClNO3/c1-12-4-3-5-14(10-12)18(22)20-16(11-17(21)23-2)13-6-8-15(19)9-7-13/h3-10,16H,11H2,1-2H3,(H,20,22). The number of hydrogen-bond acceptors (Lipinski definition) is 3. The first-order valence-corrected chi connectivity index (χ1v) is 7.57. The van der Waals surface area contributed by atoms with Crippen molar-refractivity contribution in [1.82, 2.24) is 5.32 Å². The summed E-state index contributed by atoms with van der Waals surface area (Å²) in [6.45, 7) is 1.92. The largest absolute Gasteiger partial charge is 0.469 e. The average molecular weight is 332 g/mol. The number of methoxy groups -OCH3 is 1. The van der Waals surface area contributed by atoms with E-state index in [2.05, 4.69) is 5.32 Å². The highest BCUT2D eigenvalue weighted by atomic mass is 35.5. The van der Waals surface area contributed by atoms with Gasteiger partial charge in [-0.25, -0.2) is 0 Å². The van der Waals surface area contributed by atoms with Crippen molar-refractivity contribution in [3.8, 4) is 0 Å². The first-order chi connectivity index (χ1) is 11.0. The van der Waals surface area contributed by atoms with Crippen LogP contribution in [-0.2, 0) is 9.53 Å². The highest BCUT2D eigenvalue weighted by Gasteiger charge is 2.19. The van der Waals surface area contributed by atoms with Gasteiger partial charge in [0.05, 0.1) is 19.6 Å². The fourth-order valence-electron chi connectivity index (χ4n) is 2.23. The van der Waals surface area contributed by atoms with Gasteiger partial charge in [0, 0.05) is 10.6 Å². The lowest BCUT2D eigenvalue weighted by molar-refractivity contribution is -0.141. The van der Waals surface area contributed by atoms with E-state index in [1.807, 2.05) is 19.1 Å². The molecule has 0 aromatic heterocycles. The van der Waals surface area contributed by atoms with Gasteiger partial charge in [0.25, 0.3) is 5.91 Å². The van der Waals surface area contributed by atoms with Crippen LogP contribution in [0.5, 0.6) is 0 Å². The molecule has 5 heteroatoms. The van der Waals surface area contributed by atoms with Crippen molar-refractivity contribution >= 4 is 23.5 Å². The molecule has 0 aliphatic carbocycles. The summed E-state index contributed by atoms with van der Waals surface area (Å²) in [5.74, 6) is -0.632. The second-order valence-corrected chi connectivity index (χ2v) is 5.66. The van der Waals surface area contributed by atoms with Crippen molar-refractivity contribution in [1.29, 1.82) is 0 Å². The Kier molecular flexibility index (Phi) is 5.77. The second-order valence-electron chi connectivity index (χ2n) is 5.23. The van der Waals surface area contributed by atoms with Crippen LogP contribution in [0.3, 0.4) is 0 Å². The SMILES string of the molecule is COC(=O)CC(NC(=O)c1cccc(C)c1)c1ccc(Cl)cc1. The summed E-state index contributed by atoms with van der Waals surface area (Å²) in [6, 6.07) is 13.8.